The third-order valence-corrected chi connectivity index (χ3v) is 7.75. The van der Waals surface area contributed by atoms with Crippen molar-refractivity contribution in [3.05, 3.63) is 46.2 Å². The third kappa shape index (κ3) is 4.82. The number of urea groups is 1. The molecule has 2 atom stereocenters. The second kappa shape index (κ2) is 10.0. The van der Waals surface area contributed by atoms with Crippen LogP contribution in [-0.4, -0.2) is 64.8 Å². The monoisotopic (exact) mass is 480 g/mol. The van der Waals surface area contributed by atoms with Crippen LogP contribution in [0, 0.1) is 25.7 Å². The summed E-state index contributed by atoms with van der Waals surface area (Å²) in [6, 6.07) is 4.87. The van der Waals surface area contributed by atoms with E-state index in [1.54, 1.807) is 9.80 Å². The maximum absolute atomic E-state index is 14.1. The number of carbonyl (C=O) groups excluding carboxylic acids is 3. The van der Waals surface area contributed by atoms with Crippen molar-refractivity contribution in [3.8, 4) is 0 Å². The van der Waals surface area contributed by atoms with Crippen LogP contribution in [0.4, 0.5) is 4.79 Å². The number of likely N-dealkylation sites (N-methyl/N-ethyl adjacent to an activating group) is 1. The van der Waals surface area contributed by atoms with Gasteiger partial charge in [-0.15, -0.1) is 0 Å². The number of amides is 4. The van der Waals surface area contributed by atoms with Crippen LogP contribution in [0.1, 0.15) is 69.7 Å². The minimum atomic E-state index is -0.518. The molecule has 7 heteroatoms. The van der Waals surface area contributed by atoms with E-state index in [2.05, 4.69) is 32.2 Å². The first kappa shape index (κ1) is 25.3. The fourth-order valence-electron chi connectivity index (χ4n) is 5.73. The molecule has 3 aliphatic rings. The molecule has 2 unspecified atom stereocenters. The van der Waals surface area contributed by atoms with E-state index in [0.717, 1.165) is 48.3 Å². The summed E-state index contributed by atoms with van der Waals surface area (Å²) >= 11 is 0. The van der Waals surface area contributed by atoms with E-state index in [1.807, 2.05) is 37.8 Å². The van der Waals surface area contributed by atoms with Crippen LogP contribution in [0.2, 0.25) is 0 Å². The Morgan fingerprint density at radius 2 is 1.83 bits per heavy atom. The lowest BCUT2D eigenvalue weighted by Gasteiger charge is -2.37. The molecule has 0 saturated carbocycles. The summed E-state index contributed by atoms with van der Waals surface area (Å²) in [6.45, 7) is 14.6. The van der Waals surface area contributed by atoms with Gasteiger partial charge in [-0.05, 0) is 63.0 Å². The highest BCUT2D eigenvalue weighted by atomic mass is 16.2. The van der Waals surface area contributed by atoms with Crippen molar-refractivity contribution in [1.29, 1.82) is 0 Å². The van der Waals surface area contributed by atoms with E-state index in [-0.39, 0.29) is 23.8 Å². The van der Waals surface area contributed by atoms with Crippen LogP contribution < -0.4 is 5.32 Å². The van der Waals surface area contributed by atoms with Crippen molar-refractivity contribution in [3.63, 3.8) is 0 Å². The Labute approximate surface area is 209 Å². The van der Waals surface area contributed by atoms with Crippen molar-refractivity contribution in [2.45, 2.75) is 72.9 Å². The number of carbonyl (C=O) groups is 3. The summed E-state index contributed by atoms with van der Waals surface area (Å²) in [4.78, 5) is 46.2. The maximum Gasteiger partial charge on any atom is 0.322 e. The van der Waals surface area contributed by atoms with E-state index in [0.29, 0.717) is 31.0 Å². The lowest BCUT2D eigenvalue weighted by atomic mass is 9.91. The van der Waals surface area contributed by atoms with Gasteiger partial charge in [-0.3, -0.25) is 14.5 Å². The van der Waals surface area contributed by atoms with Crippen molar-refractivity contribution in [1.82, 2.24) is 20.0 Å². The molecular formula is C28H40N4O3. The third-order valence-electron chi connectivity index (χ3n) is 7.75. The topological polar surface area (TPSA) is 73.0 Å². The Morgan fingerprint density at radius 1 is 1.14 bits per heavy atom. The Hall–Kier alpha value is -2.83. The molecule has 3 heterocycles. The summed E-state index contributed by atoms with van der Waals surface area (Å²) in [5, 5.41) is 3.08. The highest BCUT2D eigenvalue weighted by Gasteiger charge is 2.47. The standard InChI is InChI=1S/C28H40N4O3/c1-7-31-23-16-32(22(14-17(2)3)26(33)30-12-10-18(4)11-13-30)27(34)24(23)25(29-28(31)35)21-9-8-19(5)15-20(21)6/h8-9,15,17-18,22,25H,7,10-14,16H2,1-6H3,(H,29,35). The van der Waals surface area contributed by atoms with Crippen molar-refractivity contribution in [2.24, 2.45) is 11.8 Å². The Morgan fingerprint density at radius 3 is 2.43 bits per heavy atom. The number of likely N-dealkylation sites (tertiary alicyclic amines) is 1. The summed E-state index contributed by atoms with van der Waals surface area (Å²) in [6.07, 6.45) is 2.61. The number of hydrogen-bond acceptors (Lipinski definition) is 3. The second-order valence-electron chi connectivity index (χ2n) is 10.9. The molecule has 7 nitrogen and oxygen atoms in total. The van der Waals surface area contributed by atoms with Gasteiger partial charge in [0.25, 0.3) is 5.91 Å². The fourth-order valence-corrected chi connectivity index (χ4v) is 5.73. The van der Waals surface area contributed by atoms with E-state index in [9.17, 15) is 14.4 Å². The number of aryl methyl sites for hydroxylation is 2. The highest BCUT2D eigenvalue weighted by molar-refractivity contribution is 6.03. The Bertz CT molecular complexity index is 1040. The molecule has 4 rings (SSSR count). The molecule has 0 radical (unpaired) electrons. The Balaban J connectivity index is 1.70. The van der Waals surface area contributed by atoms with E-state index in [4.69, 9.17) is 0 Å². The second-order valence-corrected chi connectivity index (χ2v) is 10.9. The van der Waals surface area contributed by atoms with Crippen molar-refractivity contribution >= 4 is 17.8 Å². The molecule has 190 valence electrons. The average Bonchev–Trinajstić information content (AvgIpc) is 3.14. The van der Waals surface area contributed by atoms with Crippen LogP contribution in [-0.2, 0) is 9.59 Å². The SMILES string of the molecule is CCN1C(=O)NC(c2ccc(C)cc2C)C2=C1CN(C(CC(C)C)C(=O)N1CCC(C)CC1)C2=O. The molecule has 1 fully saturated rings. The normalized spacial score (nSPS) is 22.1. The maximum atomic E-state index is 14.1. The molecular weight excluding hydrogens is 440 g/mol. The molecule has 0 bridgehead atoms. The minimum absolute atomic E-state index is 0.0456. The summed E-state index contributed by atoms with van der Waals surface area (Å²) < 4.78 is 0. The molecule has 35 heavy (non-hydrogen) atoms. The molecule has 1 aromatic carbocycles. The van der Waals surface area contributed by atoms with Crippen molar-refractivity contribution in [2.75, 3.05) is 26.2 Å². The van der Waals surface area contributed by atoms with Crippen LogP contribution in [0.3, 0.4) is 0 Å². The Kier molecular flexibility index (Phi) is 7.25. The summed E-state index contributed by atoms with van der Waals surface area (Å²) in [5.74, 6) is 0.797. The first-order chi connectivity index (χ1) is 16.6. The number of nitrogens with one attached hydrogen (secondary N) is 1. The lowest BCUT2D eigenvalue weighted by Crippen LogP contribution is -2.52. The number of benzene rings is 1. The van der Waals surface area contributed by atoms with Gasteiger partial charge < -0.3 is 15.1 Å². The molecule has 0 spiro atoms. The van der Waals surface area contributed by atoms with Gasteiger partial charge in [0, 0.05) is 19.6 Å². The van der Waals surface area contributed by atoms with E-state index < -0.39 is 12.1 Å². The summed E-state index contributed by atoms with van der Waals surface area (Å²) in [7, 11) is 0. The van der Waals surface area contributed by atoms with E-state index >= 15 is 0 Å². The van der Waals surface area contributed by atoms with Gasteiger partial charge in [-0.2, -0.15) is 0 Å². The zero-order chi connectivity index (χ0) is 25.4. The number of rotatable bonds is 6. The zero-order valence-corrected chi connectivity index (χ0v) is 22.1. The van der Waals surface area contributed by atoms with Crippen molar-refractivity contribution < 1.29 is 14.4 Å². The quantitative estimate of drug-likeness (QED) is 0.665. The van der Waals surface area contributed by atoms with Crippen LogP contribution >= 0.6 is 0 Å². The average molecular weight is 481 g/mol. The number of hydrogen-bond donors (Lipinski definition) is 1. The number of piperidine rings is 1. The van der Waals surface area contributed by atoms with Gasteiger partial charge >= 0.3 is 6.03 Å². The summed E-state index contributed by atoms with van der Waals surface area (Å²) in [5.41, 5.74) is 4.44. The van der Waals surface area contributed by atoms with Gasteiger partial charge in [-0.1, -0.05) is 44.5 Å². The predicted octanol–water partition coefficient (Wildman–Crippen LogP) is 4.16. The molecule has 0 aromatic heterocycles. The van der Waals surface area contributed by atoms with Crippen LogP contribution in [0.5, 0.6) is 0 Å². The molecule has 1 saturated heterocycles. The zero-order valence-electron chi connectivity index (χ0n) is 22.1. The predicted molar refractivity (Wildman–Crippen MR) is 137 cm³/mol. The largest absolute Gasteiger partial charge is 0.341 e. The molecule has 4 amide bonds. The highest BCUT2D eigenvalue weighted by Crippen LogP contribution is 2.39. The first-order valence-corrected chi connectivity index (χ1v) is 13.1. The van der Waals surface area contributed by atoms with Gasteiger partial charge in [0.1, 0.15) is 6.04 Å². The molecule has 3 aliphatic heterocycles. The molecule has 1 N–H and O–H groups in total. The van der Waals surface area contributed by atoms with Crippen LogP contribution in [0.15, 0.2) is 29.5 Å². The minimum Gasteiger partial charge on any atom is -0.341 e. The van der Waals surface area contributed by atoms with E-state index in [1.165, 1.54) is 0 Å². The molecule has 1 aromatic rings. The fraction of sp³-hybridized carbons (Fsp3) is 0.607. The van der Waals surface area contributed by atoms with Gasteiger partial charge in [0.15, 0.2) is 0 Å². The van der Waals surface area contributed by atoms with Crippen LogP contribution in [0.25, 0.3) is 0 Å². The first-order valence-electron chi connectivity index (χ1n) is 13.1. The molecule has 0 aliphatic carbocycles. The lowest BCUT2D eigenvalue weighted by molar-refractivity contribution is -0.144. The number of nitrogens with zero attached hydrogens (tertiary/aromatic N) is 3. The van der Waals surface area contributed by atoms with Gasteiger partial charge in [-0.25, -0.2) is 4.79 Å². The van der Waals surface area contributed by atoms with Gasteiger partial charge in [0.05, 0.1) is 23.9 Å². The van der Waals surface area contributed by atoms with Gasteiger partial charge in [0.2, 0.25) is 5.91 Å². The smallest absolute Gasteiger partial charge is 0.322 e.